The predicted molar refractivity (Wildman–Crippen MR) is 116 cm³/mol. The second kappa shape index (κ2) is 9.73. The number of hydrogen-bond acceptors (Lipinski definition) is 2. The van der Waals surface area contributed by atoms with Crippen LogP contribution in [0, 0.1) is 0 Å². The van der Waals surface area contributed by atoms with Gasteiger partial charge in [0, 0.05) is 26.6 Å². The van der Waals surface area contributed by atoms with E-state index >= 15 is 0 Å². The topological polar surface area (TPSA) is 61.4 Å². The molecule has 150 valence electrons. The minimum Gasteiger partial charge on any atom is -0.341 e. The van der Waals surface area contributed by atoms with Crippen LogP contribution in [0.25, 0.3) is 10.8 Å². The van der Waals surface area contributed by atoms with Crippen LogP contribution in [0.2, 0.25) is 0 Å². The molecule has 0 fully saturated rings. The molecule has 0 aliphatic heterocycles. The number of nitrogens with zero attached hydrogens (tertiary/aromatic N) is 1. The summed E-state index contributed by atoms with van der Waals surface area (Å²) in [4.78, 5) is 26.2. The Morgan fingerprint density at radius 1 is 0.931 bits per heavy atom. The number of hydrogen-bond donors (Lipinski definition) is 2. The standard InChI is InChI=1S/C24H27N3O2/c1-18(21-14-8-12-20-11-6-7-13-22(20)21)26-24(29)25-16-15-23(28)27(2)17-19-9-4-3-5-10-19/h3-14,18H,15-17H2,1-2H3,(H2,25,26,29). The van der Waals surface area contributed by atoms with Crippen LogP contribution in [0.15, 0.2) is 72.8 Å². The molecule has 3 amide bonds. The van der Waals surface area contributed by atoms with Crippen LogP contribution >= 0.6 is 0 Å². The first-order valence-corrected chi connectivity index (χ1v) is 9.84. The molecule has 0 heterocycles. The van der Waals surface area contributed by atoms with Crippen molar-refractivity contribution in [2.45, 2.75) is 25.9 Å². The van der Waals surface area contributed by atoms with Gasteiger partial charge in [-0.1, -0.05) is 72.8 Å². The molecule has 3 aromatic rings. The number of carbonyl (C=O) groups excluding carboxylic acids is 2. The van der Waals surface area contributed by atoms with E-state index < -0.39 is 0 Å². The average Bonchev–Trinajstić information content (AvgIpc) is 2.73. The van der Waals surface area contributed by atoms with Gasteiger partial charge in [0.25, 0.3) is 0 Å². The van der Waals surface area contributed by atoms with E-state index in [1.54, 1.807) is 11.9 Å². The largest absolute Gasteiger partial charge is 0.341 e. The van der Waals surface area contributed by atoms with E-state index in [2.05, 4.69) is 28.8 Å². The minimum absolute atomic E-state index is 0.00347. The van der Waals surface area contributed by atoms with E-state index in [-0.39, 0.29) is 24.4 Å². The van der Waals surface area contributed by atoms with Gasteiger partial charge in [-0.15, -0.1) is 0 Å². The van der Waals surface area contributed by atoms with E-state index in [0.29, 0.717) is 13.1 Å². The van der Waals surface area contributed by atoms with E-state index in [9.17, 15) is 9.59 Å². The Morgan fingerprint density at radius 2 is 1.62 bits per heavy atom. The fraction of sp³-hybridized carbons (Fsp3) is 0.250. The summed E-state index contributed by atoms with van der Waals surface area (Å²) in [5, 5.41) is 8.01. The molecule has 5 nitrogen and oxygen atoms in total. The van der Waals surface area contributed by atoms with Crippen molar-refractivity contribution in [1.29, 1.82) is 0 Å². The molecular weight excluding hydrogens is 362 g/mol. The maximum Gasteiger partial charge on any atom is 0.315 e. The molecule has 0 bridgehead atoms. The van der Waals surface area contributed by atoms with E-state index in [4.69, 9.17) is 0 Å². The normalized spacial score (nSPS) is 11.7. The lowest BCUT2D eigenvalue weighted by atomic mass is 10.00. The van der Waals surface area contributed by atoms with Gasteiger partial charge in [-0.2, -0.15) is 0 Å². The summed E-state index contributed by atoms with van der Waals surface area (Å²) < 4.78 is 0. The van der Waals surface area contributed by atoms with Crippen LogP contribution in [0.4, 0.5) is 4.79 Å². The Kier molecular flexibility index (Phi) is 6.85. The average molecular weight is 389 g/mol. The Morgan fingerprint density at radius 3 is 2.41 bits per heavy atom. The molecule has 1 unspecified atom stereocenters. The van der Waals surface area contributed by atoms with Crippen molar-refractivity contribution in [2.24, 2.45) is 0 Å². The van der Waals surface area contributed by atoms with Crippen molar-refractivity contribution >= 4 is 22.7 Å². The van der Waals surface area contributed by atoms with Gasteiger partial charge in [0.2, 0.25) is 5.91 Å². The maximum absolute atomic E-state index is 12.3. The molecule has 0 saturated heterocycles. The summed E-state index contributed by atoms with van der Waals surface area (Å²) in [7, 11) is 1.78. The zero-order valence-electron chi connectivity index (χ0n) is 16.9. The SMILES string of the molecule is CC(NC(=O)NCCC(=O)N(C)Cc1ccccc1)c1cccc2ccccc12. The highest BCUT2D eigenvalue weighted by Crippen LogP contribution is 2.23. The van der Waals surface area contributed by atoms with Gasteiger partial charge in [0.1, 0.15) is 0 Å². The molecule has 2 N–H and O–H groups in total. The van der Waals surface area contributed by atoms with E-state index in [0.717, 1.165) is 21.9 Å². The third kappa shape index (κ3) is 5.57. The first-order chi connectivity index (χ1) is 14.0. The minimum atomic E-state index is -0.274. The van der Waals surface area contributed by atoms with Crippen molar-refractivity contribution in [3.05, 3.63) is 83.9 Å². The van der Waals surface area contributed by atoms with Crippen LogP contribution in [0.1, 0.15) is 30.5 Å². The summed E-state index contributed by atoms with van der Waals surface area (Å²) in [5.74, 6) is -0.00347. The zero-order chi connectivity index (χ0) is 20.6. The summed E-state index contributed by atoms with van der Waals surface area (Å²) in [5.41, 5.74) is 2.15. The summed E-state index contributed by atoms with van der Waals surface area (Å²) in [6.45, 7) is 2.82. The quantitative estimate of drug-likeness (QED) is 0.635. The molecule has 0 aliphatic rings. The number of amides is 3. The second-order valence-electron chi connectivity index (χ2n) is 7.18. The lowest BCUT2D eigenvalue weighted by Crippen LogP contribution is -2.39. The first kappa shape index (κ1) is 20.4. The van der Waals surface area contributed by atoms with Crippen LogP contribution in [-0.2, 0) is 11.3 Å². The summed E-state index contributed by atoms with van der Waals surface area (Å²) in [6.07, 6.45) is 0.263. The molecule has 0 aromatic heterocycles. The Labute approximate surface area is 171 Å². The smallest absolute Gasteiger partial charge is 0.315 e. The molecular formula is C24H27N3O2. The summed E-state index contributed by atoms with van der Waals surface area (Å²) in [6, 6.07) is 23.6. The lowest BCUT2D eigenvalue weighted by Gasteiger charge is -2.19. The lowest BCUT2D eigenvalue weighted by molar-refractivity contribution is -0.130. The van der Waals surface area contributed by atoms with E-state index in [1.807, 2.05) is 61.5 Å². The third-order valence-electron chi connectivity index (χ3n) is 4.95. The molecule has 0 saturated carbocycles. The van der Waals surface area contributed by atoms with Crippen molar-refractivity contribution in [1.82, 2.24) is 15.5 Å². The fourth-order valence-corrected chi connectivity index (χ4v) is 3.37. The van der Waals surface area contributed by atoms with Crippen LogP contribution in [-0.4, -0.2) is 30.4 Å². The first-order valence-electron chi connectivity index (χ1n) is 9.84. The Bertz CT molecular complexity index is 967. The number of nitrogens with one attached hydrogen (secondary N) is 2. The van der Waals surface area contributed by atoms with Gasteiger partial charge in [0.15, 0.2) is 0 Å². The number of benzene rings is 3. The predicted octanol–water partition coefficient (Wildman–Crippen LogP) is 4.25. The molecule has 29 heavy (non-hydrogen) atoms. The van der Waals surface area contributed by atoms with Crippen molar-refractivity contribution < 1.29 is 9.59 Å². The molecule has 0 aliphatic carbocycles. The van der Waals surface area contributed by atoms with Gasteiger partial charge in [0.05, 0.1) is 6.04 Å². The number of carbonyl (C=O) groups is 2. The maximum atomic E-state index is 12.3. The molecule has 0 spiro atoms. The second-order valence-corrected chi connectivity index (χ2v) is 7.18. The molecule has 3 rings (SSSR count). The summed E-state index contributed by atoms with van der Waals surface area (Å²) >= 11 is 0. The van der Waals surface area contributed by atoms with Crippen molar-refractivity contribution in [3.63, 3.8) is 0 Å². The number of urea groups is 1. The van der Waals surface area contributed by atoms with Gasteiger partial charge in [-0.05, 0) is 28.8 Å². The number of rotatable bonds is 7. The van der Waals surface area contributed by atoms with E-state index in [1.165, 1.54) is 0 Å². The van der Waals surface area contributed by atoms with Gasteiger partial charge >= 0.3 is 6.03 Å². The van der Waals surface area contributed by atoms with Gasteiger partial charge in [-0.25, -0.2) is 4.79 Å². The number of fused-ring (bicyclic) bond motifs is 1. The van der Waals surface area contributed by atoms with Crippen molar-refractivity contribution in [3.8, 4) is 0 Å². The highest BCUT2D eigenvalue weighted by molar-refractivity contribution is 5.86. The zero-order valence-corrected chi connectivity index (χ0v) is 16.9. The highest BCUT2D eigenvalue weighted by Gasteiger charge is 2.13. The fourth-order valence-electron chi connectivity index (χ4n) is 3.37. The Hall–Kier alpha value is -3.34. The molecule has 0 radical (unpaired) electrons. The third-order valence-corrected chi connectivity index (χ3v) is 4.95. The van der Waals surface area contributed by atoms with Crippen LogP contribution in [0.3, 0.4) is 0 Å². The molecule has 3 aromatic carbocycles. The van der Waals surface area contributed by atoms with Gasteiger partial charge < -0.3 is 15.5 Å². The molecule has 1 atom stereocenters. The van der Waals surface area contributed by atoms with Gasteiger partial charge in [-0.3, -0.25) is 4.79 Å². The van der Waals surface area contributed by atoms with Crippen molar-refractivity contribution in [2.75, 3.05) is 13.6 Å². The highest BCUT2D eigenvalue weighted by atomic mass is 16.2. The molecule has 5 heteroatoms. The Balaban J connectivity index is 1.46. The van der Waals surface area contributed by atoms with Crippen LogP contribution in [0.5, 0.6) is 0 Å². The van der Waals surface area contributed by atoms with Crippen LogP contribution < -0.4 is 10.6 Å². The monoisotopic (exact) mass is 389 g/mol.